The van der Waals surface area contributed by atoms with Crippen LogP contribution >= 0.6 is 0 Å². The SMILES string of the molecule is Cc1nc2ccccn2c1-c1nc(-c2ccccn2)no1. The maximum absolute atomic E-state index is 5.39. The van der Waals surface area contributed by atoms with Gasteiger partial charge in [0.2, 0.25) is 5.82 Å². The Morgan fingerprint density at radius 1 is 1.05 bits per heavy atom. The number of hydrogen-bond donors (Lipinski definition) is 0. The fourth-order valence-corrected chi connectivity index (χ4v) is 2.29. The van der Waals surface area contributed by atoms with Crippen LogP contribution in [0.4, 0.5) is 0 Å². The molecule has 0 N–H and O–H groups in total. The lowest BCUT2D eigenvalue weighted by Gasteiger charge is -1.96. The maximum atomic E-state index is 5.39. The molecule has 0 fully saturated rings. The lowest BCUT2D eigenvalue weighted by Crippen LogP contribution is -1.89. The van der Waals surface area contributed by atoms with Gasteiger partial charge >= 0.3 is 0 Å². The van der Waals surface area contributed by atoms with Gasteiger partial charge in [-0.15, -0.1) is 0 Å². The van der Waals surface area contributed by atoms with Gasteiger partial charge in [-0.3, -0.25) is 9.38 Å². The predicted octanol–water partition coefficient (Wildman–Crippen LogP) is 2.75. The lowest BCUT2D eigenvalue weighted by molar-refractivity contribution is 0.430. The highest BCUT2D eigenvalue weighted by molar-refractivity contribution is 5.61. The number of imidazole rings is 1. The molecule has 4 rings (SSSR count). The van der Waals surface area contributed by atoms with Gasteiger partial charge in [-0.05, 0) is 31.2 Å². The first-order chi connectivity index (χ1) is 10.3. The molecular weight excluding hydrogens is 266 g/mol. The van der Waals surface area contributed by atoms with Gasteiger partial charge in [0.15, 0.2) is 0 Å². The van der Waals surface area contributed by atoms with Crippen LogP contribution in [0, 0.1) is 6.92 Å². The zero-order chi connectivity index (χ0) is 14.2. The van der Waals surface area contributed by atoms with E-state index in [-0.39, 0.29) is 0 Å². The Labute approximate surface area is 120 Å². The zero-order valence-corrected chi connectivity index (χ0v) is 11.3. The highest BCUT2D eigenvalue weighted by Crippen LogP contribution is 2.25. The average Bonchev–Trinajstić information content (AvgIpc) is 3.11. The van der Waals surface area contributed by atoms with Crippen molar-refractivity contribution in [1.29, 1.82) is 0 Å². The molecule has 4 aromatic rings. The van der Waals surface area contributed by atoms with E-state index in [0.29, 0.717) is 17.4 Å². The topological polar surface area (TPSA) is 69.1 Å². The van der Waals surface area contributed by atoms with Crippen molar-refractivity contribution in [2.24, 2.45) is 0 Å². The molecule has 0 saturated carbocycles. The van der Waals surface area contributed by atoms with Crippen molar-refractivity contribution in [3.05, 3.63) is 54.5 Å². The van der Waals surface area contributed by atoms with Crippen molar-refractivity contribution in [3.8, 4) is 23.1 Å². The third-order valence-electron chi connectivity index (χ3n) is 3.23. The van der Waals surface area contributed by atoms with E-state index in [1.54, 1.807) is 6.20 Å². The molecule has 21 heavy (non-hydrogen) atoms. The van der Waals surface area contributed by atoms with E-state index in [9.17, 15) is 0 Å². The third kappa shape index (κ3) is 1.88. The zero-order valence-electron chi connectivity index (χ0n) is 11.3. The molecule has 0 spiro atoms. The number of hydrogen-bond acceptors (Lipinski definition) is 5. The van der Waals surface area contributed by atoms with Crippen molar-refractivity contribution < 1.29 is 4.52 Å². The van der Waals surface area contributed by atoms with Gasteiger partial charge in [-0.25, -0.2) is 4.98 Å². The number of pyridine rings is 2. The first-order valence-corrected chi connectivity index (χ1v) is 6.52. The first-order valence-electron chi connectivity index (χ1n) is 6.52. The predicted molar refractivity (Wildman–Crippen MR) is 76.5 cm³/mol. The van der Waals surface area contributed by atoms with E-state index in [4.69, 9.17) is 4.52 Å². The normalized spacial score (nSPS) is 11.1. The Morgan fingerprint density at radius 3 is 2.81 bits per heavy atom. The Morgan fingerprint density at radius 2 is 1.95 bits per heavy atom. The molecule has 0 bridgehead atoms. The molecule has 0 unspecified atom stereocenters. The van der Waals surface area contributed by atoms with Gasteiger partial charge in [-0.2, -0.15) is 4.98 Å². The fourth-order valence-electron chi connectivity index (χ4n) is 2.29. The van der Waals surface area contributed by atoms with Crippen LogP contribution in [0.25, 0.3) is 28.8 Å². The molecule has 0 radical (unpaired) electrons. The van der Waals surface area contributed by atoms with E-state index >= 15 is 0 Å². The van der Waals surface area contributed by atoms with Crippen LogP contribution in [-0.4, -0.2) is 24.5 Å². The maximum Gasteiger partial charge on any atom is 0.277 e. The van der Waals surface area contributed by atoms with Crippen LogP contribution in [-0.2, 0) is 0 Å². The first kappa shape index (κ1) is 11.8. The third-order valence-corrected chi connectivity index (χ3v) is 3.23. The average molecular weight is 277 g/mol. The monoisotopic (exact) mass is 277 g/mol. The number of aryl methyl sites for hydroxylation is 1. The molecule has 6 heteroatoms. The minimum absolute atomic E-state index is 0.437. The van der Waals surface area contributed by atoms with Crippen LogP contribution in [0.15, 0.2) is 53.3 Å². The van der Waals surface area contributed by atoms with E-state index in [1.807, 2.05) is 53.9 Å². The van der Waals surface area contributed by atoms with Crippen molar-refractivity contribution in [2.75, 3.05) is 0 Å². The highest BCUT2D eigenvalue weighted by atomic mass is 16.5. The summed E-state index contributed by atoms with van der Waals surface area (Å²) >= 11 is 0. The molecule has 0 aliphatic heterocycles. The minimum atomic E-state index is 0.437. The lowest BCUT2D eigenvalue weighted by atomic mass is 10.3. The van der Waals surface area contributed by atoms with Gasteiger partial charge in [0, 0.05) is 12.4 Å². The summed E-state index contributed by atoms with van der Waals surface area (Å²) in [6.45, 7) is 1.92. The fraction of sp³-hybridized carbons (Fsp3) is 0.0667. The van der Waals surface area contributed by atoms with Gasteiger partial charge in [-0.1, -0.05) is 17.3 Å². The number of rotatable bonds is 2. The number of aromatic nitrogens is 5. The van der Waals surface area contributed by atoms with Crippen LogP contribution in [0.5, 0.6) is 0 Å². The highest BCUT2D eigenvalue weighted by Gasteiger charge is 2.18. The van der Waals surface area contributed by atoms with Crippen molar-refractivity contribution in [1.82, 2.24) is 24.5 Å². The Balaban J connectivity index is 1.87. The van der Waals surface area contributed by atoms with E-state index in [2.05, 4.69) is 20.1 Å². The molecule has 0 aliphatic carbocycles. The Bertz CT molecular complexity index is 910. The summed E-state index contributed by atoms with van der Waals surface area (Å²) in [6, 6.07) is 11.4. The summed E-state index contributed by atoms with van der Waals surface area (Å²) in [5.74, 6) is 0.905. The quantitative estimate of drug-likeness (QED) is 0.563. The molecule has 4 heterocycles. The van der Waals surface area contributed by atoms with Gasteiger partial charge in [0.05, 0.1) is 5.69 Å². The summed E-state index contributed by atoms with van der Waals surface area (Å²) in [4.78, 5) is 13.1. The second-order valence-electron chi connectivity index (χ2n) is 4.61. The number of nitrogens with zero attached hydrogens (tertiary/aromatic N) is 5. The largest absolute Gasteiger partial charge is 0.332 e. The number of fused-ring (bicyclic) bond motifs is 1. The van der Waals surface area contributed by atoms with E-state index in [0.717, 1.165) is 17.0 Å². The van der Waals surface area contributed by atoms with Crippen molar-refractivity contribution in [3.63, 3.8) is 0 Å². The van der Waals surface area contributed by atoms with Crippen LogP contribution in [0.3, 0.4) is 0 Å². The van der Waals surface area contributed by atoms with Crippen molar-refractivity contribution >= 4 is 5.65 Å². The molecule has 0 atom stereocenters. The molecule has 102 valence electrons. The Hall–Kier alpha value is -3.02. The summed E-state index contributed by atoms with van der Waals surface area (Å²) in [6.07, 6.45) is 3.63. The molecule has 0 amide bonds. The summed E-state index contributed by atoms with van der Waals surface area (Å²) in [5.41, 5.74) is 3.18. The minimum Gasteiger partial charge on any atom is -0.332 e. The molecule has 6 nitrogen and oxygen atoms in total. The smallest absolute Gasteiger partial charge is 0.277 e. The molecule has 0 aliphatic rings. The van der Waals surface area contributed by atoms with Gasteiger partial charge < -0.3 is 4.52 Å². The van der Waals surface area contributed by atoms with Gasteiger partial charge in [0.25, 0.3) is 5.89 Å². The molecular formula is C15H11N5O. The standard InChI is InChI=1S/C15H11N5O/c1-10-13(20-9-5-3-7-12(20)17-10)15-18-14(19-21-15)11-6-2-4-8-16-11/h2-9H,1H3. The second kappa shape index (κ2) is 4.52. The summed E-state index contributed by atoms with van der Waals surface area (Å²) < 4.78 is 7.33. The summed E-state index contributed by atoms with van der Waals surface area (Å²) in [5, 5.41) is 4.00. The van der Waals surface area contributed by atoms with Crippen LogP contribution in [0.1, 0.15) is 5.69 Å². The molecule has 0 aromatic carbocycles. The molecule has 0 saturated heterocycles. The van der Waals surface area contributed by atoms with E-state index < -0.39 is 0 Å². The van der Waals surface area contributed by atoms with Gasteiger partial charge in [0.1, 0.15) is 17.0 Å². The van der Waals surface area contributed by atoms with Crippen molar-refractivity contribution in [2.45, 2.75) is 6.92 Å². The van der Waals surface area contributed by atoms with E-state index in [1.165, 1.54) is 0 Å². The molecule has 4 aromatic heterocycles. The van der Waals surface area contributed by atoms with Crippen LogP contribution < -0.4 is 0 Å². The summed E-state index contributed by atoms with van der Waals surface area (Å²) in [7, 11) is 0. The second-order valence-corrected chi connectivity index (χ2v) is 4.61. The van der Waals surface area contributed by atoms with Crippen LogP contribution in [0.2, 0.25) is 0 Å². The Kier molecular flexibility index (Phi) is 2.53.